The molecule has 4 aromatic carbocycles. The van der Waals surface area contributed by atoms with Gasteiger partial charge in [0.15, 0.2) is 5.78 Å². The lowest BCUT2D eigenvalue weighted by atomic mass is 9.96. The lowest BCUT2D eigenvalue weighted by Crippen LogP contribution is -2.64. The van der Waals surface area contributed by atoms with Crippen LogP contribution >= 0.6 is 0 Å². The maximum absolute atomic E-state index is 13.9. The molecule has 0 heterocycles. The minimum atomic E-state index is -2.26. The van der Waals surface area contributed by atoms with Crippen LogP contribution in [-0.2, 0) is 0 Å². The SMILES string of the molecule is COc1ccc(C2=C(C(=O)c3ccccc3)CC(C[Si](c3ccccc3)(c3ccccc3)C(C)(C)C)C2)cc1. The molecule has 4 aromatic rings. The second-order valence-electron chi connectivity index (χ2n) is 11.7. The molecule has 0 N–H and O–H groups in total. The van der Waals surface area contributed by atoms with Crippen LogP contribution in [0.5, 0.6) is 5.75 Å². The zero-order valence-corrected chi connectivity index (χ0v) is 24.5. The third kappa shape index (κ3) is 5.29. The highest BCUT2D eigenvalue weighted by Crippen LogP contribution is 2.47. The lowest BCUT2D eigenvalue weighted by molar-refractivity contribution is 0.103. The summed E-state index contributed by atoms with van der Waals surface area (Å²) in [5.41, 5.74) is 4.05. The molecule has 0 saturated carbocycles. The van der Waals surface area contributed by atoms with E-state index in [2.05, 4.69) is 93.6 Å². The third-order valence-electron chi connectivity index (χ3n) is 8.51. The Hall–Kier alpha value is -3.69. The first-order valence-corrected chi connectivity index (χ1v) is 16.1. The molecule has 0 fully saturated rings. The van der Waals surface area contributed by atoms with Gasteiger partial charge in [0, 0.05) is 11.1 Å². The maximum Gasteiger partial charge on any atom is 0.189 e. The second-order valence-corrected chi connectivity index (χ2v) is 16.6. The normalized spacial score (nSPS) is 15.8. The van der Waals surface area contributed by atoms with Crippen LogP contribution in [0.3, 0.4) is 0 Å². The van der Waals surface area contributed by atoms with Crippen molar-refractivity contribution >= 4 is 29.8 Å². The summed E-state index contributed by atoms with van der Waals surface area (Å²) < 4.78 is 5.42. The average molecular weight is 531 g/mol. The molecule has 0 amide bonds. The van der Waals surface area contributed by atoms with Gasteiger partial charge < -0.3 is 4.74 Å². The van der Waals surface area contributed by atoms with E-state index in [0.29, 0.717) is 5.92 Å². The van der Waals surface area contributed by atoms with Crippen molar-refractivity contribution < 1.29 is 9.53 Å². The number of benzene rings is 4. The standard InChI is InChI=1S/C36H38O2Si/c1-36(2,3)39(31-16-10-6-11-17-31,32-18-12-7-13-19-32)26-27-24-33(28-20-22-30(38-4)23-21-28)34(25-27)35(37)29-14-8-5-9-15-29/h5-23,27H,24-26H2,1-4H3. The number of rotatable bonds is 8. The molecule has 39 heavy (non-hydrogen) atoms. The summed E-state index contributed by atoms with van der Waals surface area (Å²) in [4.78, 5) is 13.9. The van der Waals surface area contributed by atoms with E-state index in [4.69, 9.17) is 4.74 Å². The highest BCUT2D eigenvalue weighted by Gasteiger charge is 2.49. The summed E-state index contributed by atoms with van der Waals surface area (Å²) in [5, 5.41) is 3.03. The predicted molar refractivity (Wildman–Crippen MR) is 166 cm³/mol. The Bertz CT molecular complexity index is 1390. The molecule has 3 heteroatoms. The van der Waals surface area contributed by atoms with Gasteiger partial charge in [-0.25, -0.2) is 0 Å². The first-order chi connectivity index (χ1) is 18.8. The van der Waals surface area contributed by atoms with E-state index in [1.807, 2.05) is 42.5 Å². The van der Waals surface area contributed by atoms with Crippen LogP contribution in [0, 0.1) is 5.92 Å². The molecule has 0 bridgehead atoms. The zero-order valence-electron chi connectivity index (χ0n) is 23.5. The number of hydrogen-bond donors (Lipinski definition) is 0. The lowest BCUT2D eigenvalue weighted by Gasteiger charge is -2.46. The molecule has 0 aromatic heterocycles. The predicted octanol–water partition coefficient (Wildman–Crippen LogP) is 7.81. The Morgan fingerprint density at radius 1 is 0.744 bits per heavy atom. The van der Waals surface area contributed by atoms with E-state index in [-0.39, 0.29) is 10.8 Å². The number of carbonyl (C=O) groups is 1. The second kappa shape index (κ2) is 11.2. The van der Waals surface area contributed by atoms with Gasteiger partial charge in [0.25, 0.3) is 0 Å². The van der Waals surface area contributed by atoms with Gasteiger partial charge in [-0.05, 0) is 53.1 Å². The number of Topliss-reactive ketones (excluding diaryl/α,β-unsaturated/α-hetero) is 1. The molecule has 0 radical (unpaired) electrons. The Kier molecular flexibility index (Phi) is 7.72. The van der Waals surface area contributed by atoms with Crippen LogP contribution in [-0.4, -0.2) is 21.0 Å². The Morgan fingerprint density at radius 2 is 1.26 bits per heavy atom. The molecule has 0 saturated heterocycles. The molecule has 1 atom stereocenters. The smallest absolute Gasteiger partial charge is 0.189 e. The molecule has 1 unspecified atom stereocenters. The van der Waals surface area contributed by atoms with Crippen molar-refractivity contribution in [2.24, 2.45) is 5.92 Å². The molecule has 0 spiro atoms. The Balaban J connectivity index is 1.59. The zero-order chi connectivity index (χ0) is 27.5. The van der Waals surface area contributed by atoms with Crippen LogP contribution in [0.15, 0.2) is 121 Å². The van der Waals surface area contributed by atoms with E-state index >= 15 is 0 Å². The fraction of sp³-hybridized carbons (Fsp3) is 0.250. The minimum Gasteiger partial charge on any atom is -0.497 e. The molecule has 1 aliphatic carbocycles. The quantitative estimate of drug-likeness (QED) is 0.172. The molecule has 5 rings (SSSR count). The largest absolute Gasteiger partial charge is 0.497 e. The van der Waals surface area contributed by atoms with Crippen LogP contribution in [0.4, 0.5) is 0 Å². The maximum atomic E-state index is 13.9. The van der Waals surface area contributed by atoms with Crippen LogP contribution in [0.2, 0.25) is 11.1 Å². The highest BCUT2D eigenvalue weighted by molar-refractivity contribution is 7.04. The molecule has 0 aliphatic heterocycles. The number of ketones is 1. The van der Waals surface area contributed by atoms with Crippen LogP contribution < -0.4 is 15.1 Å². The van der Waals surface area contributed by atoms with Crippen molar-refractivity contribution in [2.75, 3.05) is 7.11 Å². The van der Waals surface area contributed by atoms with Crippen molar-refractivity contribution in [1.29, 1.82) is 0 Å². The summed E-state index contributed by atoms with van der Waals surface area (Å²) in [6.07, 6.45) is 1.71. The first kappa shape index (κ1) is 26.9. The Labute approximate surface area is 234 Å². The third-order valence-corrected chi connectivity index (χ3v) is 14.9. The van der Waals surface area contributed by atoms with E-state index < -0.39 is 8.07 Å². The molecule has 198 valence electrons. The molecular weight excluding hydrogens is 492 g/mol. The fourth-order valence-corrected chi connectivity index (χ4v) is 12.4. The summed E-state index contributed by atoms with van der Waals surface area (Å²) in [6.45, 7) is 7.26. The van der Waals surface area contributed by atoms with E-state index in [1.165, 1.54) is 15.9 Å². The van der Waals surface area contributed by atoms with Crippen molar-refractivity contribution in [3.63, 3.8) is 0 Å². The van der Waals surface area contributed by atoms with Gasteiger partial charge >= 0.3 is 0 Å². The number of allylic oxidation sites excluding steroid dienone is 2. The summed E-state index contributed by atoms with van der Waals surface area (Å²) in [6, 6.07) is 41.4. The number of carbonyl (C=O) groups excluding carboxylic acids is 1. The fourth-order valence-electron chi connectivity index (χ4n) is 6.57. The van der Waals surface area contributed by atoms with E-state index in [1.54, 1.807) is 7.11 Å². The highest BCUT2D eigenvalue weighted by atomic mass is 28.3. The van der Waals surface area contributed by atoms with Gasteiger partial charge in [-0.15, -0.1) is 0 Å². The summed E-state index contributed by atoms with van der Waals surface area (Å²) in [5.74, 6) is 1.37. The minimum absolute atomic E-state index is 0.0855. The van der Waals surface area contributed by atoms with Gasteiger partial charge in [0.05, 0.1) is 7.11 Å². The first-order valence-electron chi connectivity index (χ1n) is 13.9. The molecular formula is C36H38O2Si. The topological polar surface area (TPSA) is 26.3 Å². The van der Waals surface area contributed by atoms with Crippen LogP contribution in [0.25, 0.3) is 5.57 Å². The van der Waals surface area contributed by atoms with Crippen molar-refractivity contribution in [3.05, 3.63) is 132 Å². The van der Waals surface area contributed by atoms with Gasteiger partial charge in [0.2, 0.25) is 0 Å². The van der Waals surface area contributed by atoms with Gasteiger partial charge in [0.1, 0.15) is 13.8 Å². The van der Waals surface area contributed by atoms with E-state index in [0.717, 1.165) is 41.3 Å². The average Bonchev–Trinajstić information content (AvgIpc) is 3.40. The number of methoxy groups -OCH3 is 1. The van der Waals surface area contributed by atoms with Gasteiger partial charge in [-0.2, -0.15) is 0 Å². The van der Waals surface area contributed by atoms with E-state index in [9.17, 15) is 4.79 Å². The summed E-state index contributed by atoms with van der Waals surface area (Å²) in [7, 11) is -0.573. The monoisotopic (exact) mass is 530 g/mol. The number of hydrogen-bond acceptors (Lipinski definition) is 2. The molecule has 1 aliphatic rings. The van der Waals surface area contributed by atoms with Crippen molar-refractivity contribution in [3.8, 4) is 5.75 Å². The number of ether oxygens (including phenoxy) is 1. The van der Waals surface area contributed by atoms with Crippen molar-refractivity contribution in [1.82, 2.24) is 0 Å². The van der Waals surface area contributed by atoms with Gasteiger partial charge in [-0.3, -0.25) is 4.79 Å². The summed E-state index contributed by atoms with van der Waals surface area (Å²) >= 11 is 0. The van der Waals surface area contributed by atoms with Crippen LogP contribution in [0.1, 0.15) is 49.5 Å². The van der Waals surface area contributed by atoms with Crippen molar-refractivity contribution in [2.45, 2.75) is 44.7 Å². The Morgan fingerprint density at radius 3 is 1.74 bits per heavy atom. The molecule has 2 nitrogen and oxygen atoms in total. The van der Waals surface area contributed by atoms with Gasteiger partial charge in [-0.1, -0.05) is 134 Å².